The fraction of sp³-hybridized carbons (Fsp3) is 0.0769. The maximum absolute atomic E-state index is 13.4. The summed E-state index contributed by atoms with van der Waals surface area (Å²) >= 11 is 0. The highest BCUT2D eigenvalue weighted by Gasteiger charge is 2.18. The number of fused-ring (bicyclic) bond motifs is 1. The maximum Gasteiger partial charge on any atom is 0.297 e. The van der Waals surface area contributed by atoms with Gasteiger partial charge in [0.2, 0.25) is 0 Å². The smallest absolute Gasteiger partial charge is 0.297 e. The molecule has 0 spiro atoms. The van der Waals surface area contributed by atoms with E-state index in [1.807, 2.05) is 98.9 Å². The third kappa shape index (κ3) is 3.13. The molecule has 32 heavy (non-hydrogen) atoms. The van der Waals surface area contributed by atoms with Crippen molar-refractivity contribution in [3.63, 3.8) is 0 Å². The van der Waals surface area contributed by atoms with E-state index in [9.17, 15) is 9.90 Å². The van der Waals surface area contributed by atoms with Crippen LogP contribution < -0.4 is 10.9 Å². The van der Waals surface area contributed by atoms with Crippen molar-refractivity contribution in [3.8, 4) is 22.8 Å². The van der Waals surface area contributed by atoms with Crippen LogP contribution in [0.25, 0.3) is 28.0 Å². The molecule has 158 valence electrons. The van der Waals surface area contributed by atoms with E-state index in [0.717, 1.165) is 11.3 Å². The van der Waals surface area contributed by atoms with Crippen LogP contribution in [0, 0.1) is 6.92 Å². The molecule has 0 bridgehead atoms. The molecule has 1 N–H and O–H groups in total. The molecule has 0 radical (unpaired) electrons. The Bertz CT molecular complexity index is 1560. The Hall–Kier alpha value is -4.32. The van der Waals surface area contributed by atoms with Gasteiger partial charge in [-0.05, 0) is 31.2 Å². The van der Waals surface area contributed by atoms with E-state index in [-0.39, 0.29) is 17.0 Å². The first-order valence-electron chi connectivity index (χ1n) is 10.2. The Balaban J connectivity index is 1.84. The first-order chi connectivity index (χ1) is 15.6. The largest absolute Gasteiger partial charge is 0.503 e. The van der Waals surface area contributed by atoms with Crippen LogP contribution in [0.5, 0.6) is 5.75 Å². The third-order valence-electron chi connectivity index (χ3n) is 5.58. The van der Waals surface area contributed by atoms with Crippen LogP contribution >= 0.6 is 0 Å². The second-order valence-electron chi connectivity index (χ2n) is 7.51. The lowest BCUT2D eigenvalue weighted by atomic mass is 10.1. The Labute approximate surface area is 183 Å². The predicted octanol–water partition coefficient (Wildman–Crippen LogP) is 4.84. The van der Waals surface area contributed by atoms with E-state index in [1.54, 1.807) is 9.36 Å². The number of hydrogen-bond acceptors (Lipinski definition) is 4. The Kier molecular flexibility index (Phi) is 4.75. The summed E-state index contributed by atoms with van der Waals surface area (Å²) in [5.41, 5.74) is 2.72. The van der Waals surface area contributed by atoms with Crippen molar-refractivity contribution in [2.75, 3.05) is 0 Å². The van der Waals surface area contributed by atoms with Crippen LogP contribution in [0.3, 0.4) is 0 Å². The summed E-state index contributed by atoms with van der Waals surface area (Å²) in [6.45, 7) is 1.84. The number of rotatable bonds is 3. The molecule has 0 aliphatic heterocycles. The first-order valence-corrected chi connectivity index (χ1v) is 10.2. The van der Waals surface area contributed by atoms with Gasteiger partial charge in [0.05, 0.1) is 11.4 Å². The van der Waals surface area contributed by atoms with E-state index >= 15 is 0 Å². The van der Waals surface area contributed by atoms with Crippen LogP contribution in [0.15, 0.2) is 99.1 Å². The molecule has 5 aromatic rings. The van der Waals surface area contributed by atoms with Crippen molar-refractivity contribution in [2.24, 2.45) is 12.0 Å². The first kappa shape index (κ1) is 19.6. The van der Waals surface area contributed by atoms with Crippen molar-refractivity contribution in [2.45, 2.75) is 6.92 Å². The van der Waals surface area contributed by atoms with Crippen molar-refractivity contribution in [1.29, 1.82) is 0 Å². The molecule has 2 aromatic heterocycles. The van der Waals surface area contributed by atoms with Gasteiger partial charge in [-0.2, -0.15) is 0 Å². The lowest BCUT2D eigenvalue weighted by Crippen LogP contribution is -2.19. The molecule has 0 saturated heterocycles. The Morgan fingerprint density at radius 2 is 1.50 bits per heavy atom. The van der Waals surface area contributed by atoms with Gasteiger partial charge in [0.25, 0.3) is 5.56 Å². The molecule has 6 heteroatoms. The number of benzene rings is 3. The van der Waals surface area contributed by atoms with Crippen LogP contribution in [-0.2, 0) is 7.05 Å². The zero-order valence-electron chi connectivity index (χ0n) is 17.7. The lowest BCUT2D eigenvalue weighted by molar-refractivity contribution is 0.447. The molecule has 0 atom stereocenters. The molecule has 3 aromatic carbocycles. The quantitative estimate of drug-likeness (QED) is 0.452. The van der Waals surface area contributed by atoms with Crippen molar-refractivity contribution < 1.29 is 9.52 Å². The highest BCUT2D eigenvalue weighted by molar-refractivity contribution is 5.81. The van der Waals surface area contributed by atoms with Crippen LogP contribution in [0.1, 0.15) is 5.69 Å². The highest BCUT2D eigenvalue weighted by Crippen LogP contribution is 2.30. The minimum atomic E-state index is -0.262. The molecule has 6 nitrogen and oxygen atoms in total. The van der Waals surface area contributed by atoms with E-state index in [1.165, 1.54) is 0 Å². The standard InChI is InChI=1S/C26H21N3O3/c1-17-22(26(31)29(28(17)2)19-13-7-4-8-14-19)27-23-20-15-9-10-16-21(20)32-25(24(23)30)18-11-5-3-6-12-18/h3-16,30H,1-2H3. The molecule has 2 heterocycles. The van der Waals surface area contributed by atoms with Gasteiger partial charge >= 0.3 is 0 Å². The van der Waals surface area contributed by atoms with E-state index in [4.69, 9.17) is 9.41 Å². The fourth-order valence-electron chi connectivity index (χ4n) is 3.84. The summed E-state index contributed by atoms with van der Waals surface area (Å²) in [6, 6.07) is 26.1. The van der Waals surface area contributed by atoms with Gasteiger partial charge in [0, 0.05) is 18.0 Å². The molecule has 0 fully saturated rings. The predicted molar refractivity (Wildman–Crippen MR) is 124 cm³/mol. The molecule has 0 unspecified atom stereocenters. The number of nitrogens with zero attached hydrogens (tertiary/aromatic N) is 3. The molecular weight excluding hydrogens is 402 g/mol. The fourth-order valence-corrected chi connectivity index (χ4v) is 3.84. The minimum absolute atomic E-state index is 0.108. The van der Waals surface area contributed by atoms with E-state index in [0.29, 0.717) is 27.8 Å². The van der Waals surface area contributed by atoms with Crippen LogP contribution in [-0.4, -0.2) is 14.5 Å². The van der Waals surface area contributed by atoms with E-state index in [2.05, 4.69) is 0 Å². The van der Waals surface area contributed by atoms with Gasteiger partial charge in [-0.3, -0.25) is 9.48 Å². The zero-order chi connectivity index (χ0) is 22.2. The zero-order valence-corrected chi connectivity index (χ0v) is 17.7. The lowest BCUT2D eigenvalue weighted by Gasteiger charge is -2.08. The van der Waals surface area contributed by atoms with Crippen molar-refractivity contribution >= 4 is 16.7 Å². The molecule has 0 aliphatic rings. The summed E-state index contributed by atoms with van der Waals surface area (Å²) in [5.74, 6) is 0.198. The van der Waals surface area contributed by atoms with E-state index < -0.39 is 0 Å². The molecule has 0 aliphatic carbocycles. The van der Waals surface area contributed by atoms with Gasteiger partial charge in [-0.15, -0.1) is 0 Å². The molecular formula is C26H21N3O3. The number of aromatic nitrogens is 2. The number of hydrogen-bond donors (Lipinski definition) is 1. The molecule has 0 amide bonds. The average Bonchev–Trinajstić information content (AvgIpc) is 3.04. The van der Waals surface area contributed by atoms with Gasteiger partial charge in [0.15, 0.2) is 17.2 Å². The highest BCUT2D eigenvalue weighted by atomic mass is 16.4. The summed E-state index contributed by atoms with van der Waals surface area (Å²) in [4.78, 5) is 18.1. The SMILES string of the molecule is Cc1c(N=c2c(O)c(-c3ccccc3)oc3ccccc23)c(=O)n(-c2ccccc2)n1C. The third-order valence-corrected chi connectivity index (χ3v) is 5.58. The molecule has 5 rings (SSSR count). The Morgan fingerprint density at radius 3 is 2.22 bits per heavy atom. The average molecular weight is 423 g/mol. The second-order valence-corrected chi connectivity index (χ2v) is 7.51. The van der Waals surface area contributed by atoms with Gasteiger partial charge < -0.3 is 9.52 Å². The normalized spacial score (nSPS) is 11.9. The van der Waals surface area contributed by atoms with Gasteiger partial charge in [0.1, 0.15) is 10.9 Å². The van der Waals surface area contributed by atoms with Crippen LogP contribution in [0.4, 0.5) is 5.69 Å². The topological polar surface area (TPSA) is 72.7 Å². The second kappa shape index (κ2) is 7.74. The molecule has 0 saturated carbocycles. The van der Waals surface area contributed by atoms with Crippen molar-refractivity contribution in [3.05, 3.63) is 106 Å². The summed E-state index contributed by atoms with van der Waals surface area (Å²) in [7, 11) is 1.82. The summed E-state index contributed by atoms with van der Waals surface area (Å²) < 4.78 is 9.35. The van der Waals surface area contributed by atoms with Gasteiger partial charge in [-0.1, -0.05) is 60.7 Å². The van der Waals surface area contributed by atoms with Crippen LogP contribution in [0.2, 0.25) is 0 Å². The van der Waals surface area contributed by atoms with Crippen molar-refractivity contribution in [1.82, 2.24) is 9.36 Å². The minimum Gasteiger partial charge on any atom is -0.503 e. The summed E-state index contributed by atoms with van der Waals surface area (Å²) in [6.07, 6.45) is 0. The number of para-hydroxylation sites is 2. The van der Waals surface area contributed by atoms with Gasteiger partial charge in [-0.25, -0.2) is 9.67 Å². The Morgan fingerprint density at radius 1 is 0.875 bits per heavy atom. The summed E-state index contributed by atoms with van der Waals surface area (Å²) in [5, 5.41) is 12.1. The monoisotopic (exact) mass is 423 g/mol. The number of aromatic hydroxyl groups is 1. The maximum atomic E-state index is 13.4.